The Balaban J connectivity index is 3.40. The van der Waals surface area contributed by atoms with E-state index in [1.165, 1.54) is 263 Å². The van der Waals surface area contributed by atoms with Crippen LogP contribution in [0.3, 0.4) is 0 Å². The first kappa shape index (κ1) is 64.3. The van der Waals surface area contributed by atoms with Crippen LogP contribution in [0.15, 0.2) is 48.6 Å². The zero-order valence-electron chi connectivity index (χ0n) is 44.7. The third-order valence-corrected chi connectivity index (χ3v) is 13.8. The maximum Gasteiger partial charge on any atom is 0.220 e. The van der Waals surface area contributed by atoms with Crippen LogP contribution in [-0.2, 0) is 4.79 Å². The van der Waals surface area contributed by atoms with E-state index in [9.17, 15) is 15.0 Å². The number of hydrogen-bond acceptors (Lipinski definition) is 3. The Hall–Kier alpha value is -1.65. The number of carbonyl (C=O) groups is 1. The maximum atomic E-state index is 12.5. The van der Waals surface area contributed by atoms with Crippen molar-refractivity contribution in [3.05, 3.63) is 48.6 Å². The van der Waals surface area contributed by atoms with E-state index >= 15 is 0 Å². The number of allylic oxidation sites excluding steroid dienone is 7. The van der Waals surface area contributed by atoms with Crippen LogP contribution in [0.1, 0.15) is 322 Å². The van der Waals surface area contributed by atoms with E-state index in [0.717, 1.165) is 38.5 Å². The lowest BCUT2D eigenvalue weighted by Gasteiger charge is -2.19. The largest absolute Gasteiger partial charge is 0.394 e. The van der Waals surface area contributed by atoms with Crippen molar-refractivity contribution in [2.24, 2.45) is 0 Å². The highest BCUT2D eigenvalue weighted by molar-refractivity contribution is 5.76. The Bertz CT molecular complexity index is 1050. The average molecular weight is 925 g/mol. The van der Waals surface area contributed by atoms with Gasteiger partial charge in [-0.2, -0.15) is 0 Å². The Morgan fingerprint density at radius 2 is 0.636 bits per heavy atom. The molecule has 4 heteroatoms. The first-order valence-corrected chi connectivity index (χ1v) is 29.9. The van der Waals surface area contributed by atoms with Gasteiger partial charge in [0, 0.05) is 6.42 Å². The quantitative estimate of drug-likeness (QED) is 0.0420. The molecule has 2 atom stereocenters. The van der Waals surface area contributed by atoms with E-state index in [0.29, 0.717) is 6.42 Å². The molecule has 0 saturated carbocycles. The van der Waals surface area contributed by atoms with E-state index in [4.69, 9.17) is 0 Å². The van der Waals surface area contributed by atoms with Crippen LogP contribution in [0, 0.1) is 0 Å². The minimum Gasteiger partial charge on any atom is -0.394 e. The van der Waals surface area contributed by atoms with Gasteiger partial charge in [-0.15, -0.1) is 0 Å². The lowest BCUT2D eigenvalue weighted by atomic mass is 10.0. The van der Waals surface area contributed by atoms with E-state index in [-0.39, 0.29) is 12.5 Å². The fraction of sp³-hybridized carbons (Fsp3) is 0.855. The van der Waals surface area contributed by atoms with Gasteiger partial charge in [-0.3, -0.25) is 4.79 Å². The first-order chi connectivity index (χ1) is 32.7. The monoisotopic (exact) mass is 924 g/mol. The summed E-state index contributed by atoms with van der Waals surface area (Å²) in [6.07, 6.45) is 80.2. The van der Waals surface area contributed by atoms with Crippen molar-refractivity contribution in [2.45, 2.75) is 334 Å². The van der Waals surface area contributed by atoms with E-state index in [1.807, 2.05) is 6.08 Å². The first-order valence-electron chi connectivity index (χ1n) is 29.9. The average Bonchev–Trinajstić information content (AvgIpc) is 3.32. The molecule has 0 rings (SSSR count). The molecule has 388 valence electrons. The molecule has 66 heavy (non-hydrogen) atoms. The SMILES string of the molecule is CCCCCCC/C=C\C/C=C\CCCCCCCCCCCCCCCCCCCCCCCCCCCCCC(=O)NC(CO)C(O)/C=C/CC/C=C/CCCCCCCCCCC. The molecule has 1 amide bonds. The van der Waals surface area contributed by atoms with Crippen LogP contribution in [0.25, 0.3) is 0 Å². The van der Waals surface area contributed by atoms with Crippen molar-refractivity contribution in [3.8, 4) is 0 Å². The second-order valence-corrected chi connectivity index (χ2v) is 20.4. The Labute approximate surface area is 414 Å². The van der Waals surface area contributed by atoms with Gasteiger partial charge in [0.15, 0.2) is 0 Å². The number of nitrogens with one attached hydrogen (secondary N) is 1. The third kappa shape index (κ3) is 53.3. The molecule has 0 radical (unpaired) electrons. The molecule has 0 aliphatic heterocycles. The van der Waals surface area contributed by atoms with Crippen LogP contribution in [0.4, 0.5) is 0 Å². The van der Waals surface area contributed by atoms with Gasteiger partial charge in [0.25, 0.3) is 0 Å². The normalized spacial score (nSPS) is 13.1. The summed E-state index contributed by atoms with van der Waals surface area (Å²) >= 11 is 0. The smallest absolute Gasteiger partial charge is 0.220 e. The highest BCUT2D eigenvalue weighted by Crippen LogP contribution is 2.17. The summed E-state index contributed by atoms with van der Waals surface area (Å²) in [5.74, 6) is -0.0690. The van der Waals surface area contributed by atoms with Gasteiger partial charge in [-0.05, 0) is 64.2 Å². The molecule has 3 N–H and O–H groups in total. The van der Waals surface area contributed by atoms with Gasteiger partial charge < -0.3 is 15.5 Å². The molecule has 0 saturated heterocycles. The molecule has 0 aromatic rings. The van der Waals surface area contributed by atoms with E-state index < -0.39 is 12.1 Å². The number of aliphatic hydroxyl groups is 2. The minimum atomic E-state index is -0.860. The highest BCUT2D eigenvalue weighted by Gasteiger charge is 2.18. The van der Waals surface area contributed by atoms with Gasteiger partial charge >= 0.3 is 0 Å². The molecule has 4 nitrogen and oxygen atoms in total. The van der Waals surface area contributed by atoms with Gasteiger partial charge in [-0.25, -0.2) is 0 Å². The molecule has 0 fully saturated rings. The van der Waals surface area contributed by atoms with Gasteiger partial charge in [0.1, 0.15) is 0 Å². The zero-order valence-corrected chi connectivity index (χ0v) is 44.7. The molecule has 0 aromatic heterocycles. The molecule has 0 bridgehead atoms. The van der Waals surface area contributed by atoms with Crippen molar-refractivity contribution in [3.63, 3.8) is 0 Å². The second kappa shape index (κ2) is 57.7. The fourth-order valence-corrected chi connectivity index (χ4v) is 9.23. The van der Waals surface area contributed by atoms with Crippen LogP contribution in [-0.4, -0.2) is 34.9 Å². The Morgan fingerprint density at radius 3 is 0.970 bits per heavy atom. The number of carbonyl (C=O) groups excluding carboxylic acids is 1. The fourth-order valence-electron chi connectivity index (χ4n) is 9.23. The van der Waals surface area contributed by atoms with Crippen LogP contribution in [0.5, 0.6) is 0 Å². The van der Waals surface area contributed by atoms with Gasteiger partial charge in [0.05, 0.1) is 18.8 Å². The minimum absolute atomic E-state index is 0.0690. The van der Waals surface area contributed by atoms with Crippen molar-refractivity contribution in [1.29, 1.82) is 0 Å². The second-order valence-electron chi connectivity index (χ2n) is 20.4. The lowest BCUT2D eigenvalue weighted by molar-refractivity contribution is -0.123. The summed E-state index contributed by atoms with van der Waals surface area (Å²) in [4.78, 5) is 12.5. The number of aliphatic hydroxyl groups excluding tert-OH is 2. The molecule has 2 unspecified atom stereocenters. The predicted molar refractivity (Wildman–Crippen MR) is 295 cm³/mol. The number of rotatable bonds is 55. The standard InChI is InChI=1S/C62H117NO3/c1-3-5-7-9-11-13-15-17-19-20-21-22-23-24-25-26-27-28-29-30-31-32-33-34-35-36-37-38-39-40-41-42-44-46-48-50-52-54-56-58-62(66)63-60(59-64)61(65)57-55-53-51-49-47-45-43-18-16-14-12-10-8-6-4-2/h15,17,20-21,47,49,55,57,60-61,64-65H,3-14,16,18-19,22-46,48,50-54,56,58-59H2,1-2H3,(H,63,66)/b17-15-,21-20-,49-47+,57-55+. The molecule has 0 aromatic carbocycles. The van der Waals surface area contributed by atoms with Crippen molar-refractivity contribution in [1.82, 2.24) is 5.32 Å². The third-order valence-electron chi connectivity index (χ3n) is 13.8. The topological polar surface area (TPSA) is 69.6 Å². The van der Waals surface area contributed by atoms with E-state index in [1.54, 1.807) is 6.08 Å². The van der Waals surface area contributed by atoms with Crippen molar-refractivity contribution < 1.29 is 15.0 Å². The molecule has 0 spiro atoms. The Morgan fingerprint density at radius 1 is 0.364 bits per heavy atom. The molecule has 0 heterocycles. The Kier molecular flexibility index (Phi) is 56.2. The summed E-state index contributed by atoms with van der Waals surface area (Å²) in [7, 11) is 0. The molecular formula is C62H117NO3. The molecule has 0 aliphatic carbocycles. The zero-order chi connectivity index (χ0) is 47.7. The van der Waals surface area contributed by atoms with Crippen molar-refractivity contribution in [2.75, 3.05) is 6.61 Å². The predicted octanol–water partition coefficient (Wildman–Crippen LogP) is 19.8. The summed E-state index contributed by atoms with van der Waals surface area (Å²) < 4.78 is 0. The summed E-state index contributed by atoms with van der Waals surface area (Å²) in [6, 6.07) is -0.637. The van der Waals surface area contributed by atoms with Crippen LogP contribution in [0.2, 0.25) is 0 Å². The number of hydrogen-bond donors (Lipinski definition) is 3. The molecule has 0 aliphatic rings. The highest BCUT2D eigenvalue weighted by atomic mass is 16.3. The summed E-state index contributed by atoms with van der Waals surface area (Å²) in [6.45, 7) is 4.30. The van der Waals surface area contributed by atoms with Gasteiger partial charge in [-0.1, -0.05) is 300 Å². The lowest BCUT2D eigenvalue weighted by Crippen LogP contribution is -2.45. The number of unbranched alkanes of at least 4 members (excludes halogenated alkanes) is 42. The van der Waals surface area contributed by atoms with E-state index in [2.05, 4.69) is 55.6 Å². The van der Waals surface area contributed by atoms with Gasteiger partial charge in [0.2, 0.25) is 5.91 Å². The van der Waals surface area contributed by atoms with Crippen LogP contribution < -0.4 is 5.32 Å². The molecular weight excluding hydrogens is 807 g/mol. The van der Waals surface area contributed by atoms with Crippen molar-refractivity contribution >= 4 is 5.91 Å². The van der Waals surface area contributed by atoms with Crippen LogP contribution >= 0.6 is 0 Å². The number of amides is 1. The maximum absolute atomic E-state index is 12.5. The summed E-state index contributed by atoms with van der Waals surface area (Å²) in [5.41, 5.74) is 0. The summed E-state index contributed by atoms with van der Waals surface area (Å²) in [5, 5.41) is 23.1.